The molecule has 0 rings (SSSR count). The van der Waals surface area contributed by atoms with Gasteiger partial charge in [0.25, 0.3) is 0 Å². The van der Waals surface area contributed by atoms with Crippen LogP contribution in [0.3, 0.4) is 0 Å². The first kappa shape index (κ1) is 16.1. The second kappa shape index (κ2) is 8.19. The lowest BCUT2D eigenvalue weighted by Crippen LogP contribution is -2.32. The summed E-state index contributed by atoms with van der Waals surface area (Å²) in [5.41, 5.74) is 0. The maximum absolute atomic E-state index is 11.2. The Kier molecular flexibility index (Phi) is 7.73. The fourth-order valence-electron chi connectivity index (χ4n) is 1.02. The molecule has 6 nitrogen and oxygen atoms in total. The highest BCUT2D eigenvalue weighted by Gasteiger charge is 2.17. The Hall–Kier alpha value is -0.950. The molecular weight excluding hydrogens is 244 g/mol. The van der Waals surface area contributed by atoms with Crippen LogP contribution in [-0.2, 0) is 9.53 Å². The van der Waals surface area contributed by atoms with Crippen LogP contribution in [0.4, 0.5) is 4.79 Å². The minimum atomic E-state index is -1.02. The summed E-state index contributed by atoms with van der Waals surface area (Å²) in [6.45, 7) is 6.45. The Bertz CT molecular complexity index is 261. The molecule has 17 heavy (non-hydrogen) atoms. The molecule has 0 saturated heterocycles. The summed E-state index contributed by atoms with van der Waals surface area (Å²) in [6, 6.07) is 0.135. The van der Waals surface area contributed by atoms with E-state index in [1.165, 1.54) is 7.05 Å². The Morgan fingerprint density at radius 2 is 2.00 bits per heavy atom. The first-order valence-electron chi connectivity index (χ1n) is 5.45. The molecule has 100 valence electrons. The second-order valence-electron chi connectivity index (χ2n) is 3.65. The lowest BCUT2D eigenvalue weighted by Gasteiger charge is -2.27. The number of carboxylic acid groups (broad SMARTS) is 1. The van der Waals surface area contributed by atoms with Crippen molar-refractivity contribution in [3.63, 3.8) is 0 Å². The molecule has 0 heterocycles. The number of nitrogens with zero attached hydrogens (tertiary/aromatic N) is 2. The molecule has 0 saturated carbocycles. The summed E-state index contributed by atoms with van der Waals surface area (Å²) in [4.78, 5) is 21.9. The smallest absolute Gasteiger partial charge is 0.418 e. The van der Waals surface area contributed by atoms with E-state index >= 15 is 0 Å². The molecule has 0 spiro atoms. The Morgan fingerprint density at radius 1 is 1.41 bits per heavy atom. The van der Waals surface area contributed by atoms with Gasteiger partial charge in [-0.1, -0.05) is 0 Å². The van der Waals surface area contributed by atoms with Gasteiger partial charge in [0.15, 0.2) is 0 Å². The highest BCUT2D eigenvalue weighted by molar-refractivity contribution is 7.95. The Balaban J connectivity index is 4.16. The van der Waals surface area contributed by atoms with Crippen LogP contribution in [-0.4, -0.2) is 52.0 Å². The number of carbonyl (C=O) groups excluding carboxylic acids is 1. The third kappa shape index (κ3) is 7.06. The summed E-state index contributed by atoms with van der Waals surface area (Å²) < 4.78 is 7.75. The van der Waals surface area contributed by atoms with Gasteiger partial charge in [-0.05, 0) is 20.8 Å². The number of carbonyl (C=O) groups is 2. The summed E-state index contributed by atoms with van der Waals surface area (Å²) in [7, 11) is 1.47. The maximum atomic E-state index is 11.2. The van der Waals surface area contributed by atoms with Crippen LogP contribution in [0.2, 0.25) is 0 Å². The van der Waals surface area contributed by atoms with Crippen molar-refractivity contribution < 1.29 is 19.4 Å². The third-order valence-corrected chi connectivity index (χ3v) is 3.13. The van der Waals surface area contributed by atoms with Gasteiger partial charge in [-0.2, -0.15) is 0 Å². The van der Waals surface area contributed by atoms with Crippen LogP contribution in [0.15, 0.2) is 0 Å². The predicted octanol–water partition coefficient (Wildman–Crippen LogP) is 1.82. The molecule has 0 atom stereocenters. The molecule has 0 aliphatic rings. The fraction of sp³-hybridized carbons (Fsp3) is 0.800. The van der Waals surface area contributed by atoms with Crippen molar-refractivity contribution in [3.05, 3.63) is 0 Å². The molecule has 0 unspecified atom stereocenters. The van der Waals surface area contributed by atoms with Crippen LogP contribution in [0.1, 0.15) is 27.2 Å². The molecule has 1 amide bonds. The number of amides is 1. The van der Waals surface area contributed by atoms with Gasteiger partial charge in [0.05, 0.1) is 13.0 Å². The SMILES string of the molecule is CCOC(=O)CCN(SN(C)C(=O)O)C(C)C. The van der Waals surface area contributed by atoms with Crippen molar-refractivity contribution in [2.45, 2.75) is 33.2 Å². The van der Waals surface area contributed by atoms with E-state index < -0.39 is 6.09 Å². The van der Waals surface area contributed by atoms with E-state index in [-0.39, 0.29) is 18.4 Å². The van der Waals surface area contributed by atoms with Crippen LogP contribution in [0.25, 0.3) is 0 Å². The first-order chi connectivity index (χ1) is 7.88. The zero-order chi connectivity index (χ0) is 13.4. The van der Waals surface area contributed by atoms with Gasteiger partial charge in [-0.15, -0.1) is 0 Å². The first-order valence-corrected chi connectivity index (χ1v) is 6.18. The van der Waals surface area contributed by atoms with Crippen molar-refractivity contribution in [2.24, 2.45) is 0 Å². The van der Waals surface area contributed by atoms with E-state index in [9.17, 15) is 9.59 Å². The van der Waals surface area contributed by atoms with Crippen LogP contribution >= 0.6 is 12.1 Å². The molecule has 0 fully saturated rings. The molecule has 0 aromatic heterocycles. The van der Waals surface area contributed by atoms with Crippen LogP contribution in [0, 0.1) is 0 Å². The molecule has 0 aliphatic carbocycles. The lowest BCUT2D eigenvalue weighted by atomic mass is 10.3. The zero-order valence-corrected chi connectivity index (χ0v) is 11.5. The van der Waals surface area contributed by atoms with E-state index in [0.717, 1.165) is 16.4 Å². The molecule has 0 aromatic rings. The summed E-state index contributed by atoms with van der Waals surface area (Å²) in [6.07, 6.45) is -0.760. The molecule has 0 radical (unpaired) electrons. The van der Waals surface area contributed by atoms with Crippen molar-refractivity contribution in [2.75, 3.05) is 20.2 Å². The van der Waals surface area contributed by atoms with E-state index in [0.29, 0.717) is 13.2 Å². The van der Waals surface area contributed by atoms with Gasteiger partial charge in [0.2, 0.25) is 0 Å². The van der Waals surface area contributed by atoms with Gasteiger partial charge in [0.1, 0.15) is 0 Å². The topological polar surface area (TPSA) is 70.1 Å². The number of rotatable bonds is 7. The maximum Gasteiger partial charge on any atom is 0.418 e. The summed E-state index contributed by atoms with van der Waals surface area (Å²) in [5, 5.41) is 8.76. The number of hydrogen-bond donors (Lipinski definition) is 1. The largest absolute Gasteiger partial charge is 0.466 e. The molecule has 7 heteroatoms. The molecule has 0 aliphatic heterocycles. The minimum absolute atomic E-state index is 0.135. The number of ether oxygens (including phenoxy) is 1. The predicted molar refractivity (Wildman–Crippen MR) is 66.5 cm³/mol. The van der Waals surface area contributed by atoms with Crippen molar-refractivity contribution >= 4 is 24.2 Å². The average molecular weight is 264 g/mol. The monoisotopic (exact) mass is 264 g/mol. The second-order valence-corrected chi connectivity index (χ2v) is 4.83. The fourth-order valence-corrected chi connectivity index (χ4v) is 1.77. The molecule has 0 bridgehead atoms. The van der Waals surface area contributed by atoms with E-state index in [4.69, 9.17) is 9.84 Å². The minimum Gasteiger partial charge on any atom is -0.466 e. The Morgan fingerprint density at radius 3 is 2.41 bits per heavy atom. The van der Waals surface area contributed by atoms with E-state index in [2.05, 4.69) is 0 Å². The molecule has 1 N–H and O–H groups in total. The molecular formula is C10H20N2O4S. The van der Waals surface area contributed by atoms with E-state index in [1.54, 1.807) is 6.92 Å². The number of esters is 1. The molecule has 0 aromatic carbocycles. The Labute approximate surface area is 106 Å². The lowest BCUT2D eigenvalue weighted by molar-refractivity contribution is -0.143. The van der Waals surface area contributed by atoms with E-state index in [1.807, 2.05) is 18.2 Å². The van der Waals surface area contributed by atoms with Crippen LogP contribution in [0.5, 0.6) is 0 Å². The van der Waals surface area contributed by atoms with Gasteiger partial charge in [-0.25, -0.2) is 13.4 Å². The zero-order valence-electron chi connectivity index (χ0n) is 10.7. The summed E-state index contributed by atoms with van der Waals surface area (Å²) in [5.74, 6) is -0.267. The van der Waals surface area contributed by atoms with Gasteiger partial charge in [-0.3, -0.25) is 4.79 Å². The van der Waals surface area contributed by atoms with Gasteiger partial charge >= 0.3 is 12.1 Å². The standard InChI is InChI=1S/C10H20N2O4S/c1-5-16-9(13)6-7-12(8(2)3)17-11(4)10(14)15/h8H,5-7H2,1-4H3,(H,14,15). The highest BCUT2D eigenvalue weighted by Crippen LogP contribution is 2.18. The highest BCUT2D eigenvalue weighted by atomic mass is 32.2. The summed E-state index contributed by atoms with van der Waals surface area (Å²) >= 11 is 1.08. The van der Waals surface area contributed by atoms with Crippen molar-refractivity contribution in [3.8, 4) is 0 Å². The number of hydrogen-bond acceptors (Lipinski definition) is 5. The van der Waals surface area contributed by atoms with Crippen molar-refractivity contribution in [1.82, 2.24) is 8.61 Å². The van der Waals surface area contributed by atoms with Gasteiger partial charge < -0.3 is 9.84 Å². The van der Waals surface area contributed by atoms with Crippen LogP contribution < -0.4 is 0 Å². The van der Waals surface area contributed by atoms with Crippen molar-refractivity contribution in [1.29, 1.82) is 0 Å². The normalized spacial score (nSPS) is 10.7. The quantitative estimate of drug-likeness (QED) is 0.559. The third-order valence-electron chi connectivity index (χ3n) is 1.91. The average Bonchev–Trinajstić information content (AvgIpc) is 2.23. The van der Waals surface area contributed by atoms with Gasteiger partial charge in [0, 0.05) is 31.8 Å².